The molecule has 1 atom stereocenters. The van der Waals surface area contributed by atoms with E-state index in [1.807, 2.05) is 0 Å². The van der Waals surface area contributed by atoms with E-state index in [2.05, 4.69) is 5.32 Å². The molecule has 0 aromatic heterocycles. The van der Waals surface area contributed by atoms with Gasteiger partial charge in [-0.2, -0.15) is 0 Å². The van der Waals surface area contributed by atoms with Gasteiger partial charge in [0.05, 0.1) is 0 Å². The predicted molar refractivity (Wildman–Crippen MR) is 65.4 cm³/mol. The zero-order valence-corrected chi connectivity index (χ0v) is 12.9. The number of rotatable bonds is 2. The third-order valence-corrected chi connectivity index (χ3v) is 3.09. The number of carbonyl (C=O) groups excluding carboxylic acids is 1. The van der Waals surface area contributed by atoms with Gasteiger partial charge in [-0.1, -0.05) is 24.3 Å². The van der Waals surface area contributed by atoms with Gasteiger partial charge in [0.2, 0.25) is 5.91 Å². The maximum atomic E-state index is 11.1. The van der Waals surface area contributed by atoms with Gasteiger partial charge in [-0.15, -0.1) is 0 Å². The summed E-state index contributed by atoms with van der Waals surface area (Å²) in [7, 11) is 0. The van der Waals surface area contributed by atoms with Gasteiger partial charge in [-0.25, -0.2) is 0 Å². The summed E-state index contributed by atoms with van der Waals surface area (Å²) in [6.45, 7) is 1.41. The summed E-state index contributed by atoms with van der Waals surface area (Å²) >= 11 is -2.29. The minimum absolute atomic E-state index is 0. The van der Waals surface area contributed by atoms with Gasteiger partial charge < -0.3 is 9.87 Å². The molecule has 4 nitrogen and oxygen atoms in total. The van der Waals surface area contributed by atoms with Crippen LogP contribution in [-0.4, -0.2) is 14.7 Å². The van der Waals surface area contributed by atoms with Gasteiger partial charge >= 0.3 is 29.6 Å². The average Bonchev–Trinajstić information content (AvgIpc) is 2.28. The Balaban J connectivity index is 0.00000162. The van der Waals surface area contributed by atoms with Crippen molar-refractivity contribution in [3.05, 3.63) is 36.4 Å². The van der Waals surface area contributed by atoms with E-state index in [0.29, 0.717) is 16.5 Å². The van der Waals surface area contributed by atoms with Crippen LogP contribution in [0.5, 0.6) is 0 Å². The van der Waals surface area contributed by atoms with Crippen LogP contribution in [0.1, 0.15) is 6.92 Å². The second-order valence-electron chi connectivity index (χ2n) is 3.57. The van der Waals surface area contributed by atoms with Crippen molar-refractivity contribution in [1.29, 1.82) is 0 Å². The molecule has 0 spiro atoms. The first kappa shape index (κ1) is 15.3. The summed E-state index contributed by atoms with van der Waals surface area (Å²) in [4.78, 5) is 11.3. The van der Waals surface area contributed by atoms with Crippen molar-refractivity contribution < 1.29 is 43.1 Å². The van der Waals surface area contributed by atoms with E-state index < -0.39 is 11.1 Å². The minimum atomic E-state index is -2.29. The van der Waals surface area contributed by atoms with Gasteiger partial charge in [0.25, 0.3) is 0 Å². The molecule has 0 heterocycles. The maximum absolute atomic E-state index is 11.1. The Bertz CT molecular complexity index is 615. The number of carbonyl (C=O) groups is 1. The Morgan fingerprint density at radius 3 is 2.33 bits per heavy atom. The van der Waals surface area contributed by atoms with E-state index in [1.54, 1.807) is 30.3 Å². The molecule has 2 aromatic rings. The van der Waals surface area contributed by atoms with Gasteiger partial charge in [-0.3, -0.25) is 9.00 Å². The molecule has 1 N–H and O–H groups in total. The topological polar surface area (TPSA) is 69.2 Å². The molecular formula is C12H10NNaO3S. The molecule has 2 aromatic carbocycles. The zero-order valence-electron chi connectivity index (χ0n) is 10.1. The number of benzene rings is 2. The molecule has 0 bridgehead atoms. The molecule has 1 amide bonds. The average molecular weight is 271 g/mol. The van der Waals surface area contributed by atoms with Crippen molar-refractivity contribution in [3.8, 4) is 0 Å². The molecule has 18 heavy (non-hydrogen) atoms. The SMILES string of the molecule is CC(=O)Nc1ccc(S(=O)[O-])c2ccccc12.[Na+]. The Morgan fingerprint density at radius 1 is 1.17 bits per heavy atom. The number of anilines is 1. The zero-order chi connectivity index (χ0) is 12.4. The summed E-state index contributed by atoms with van der Waals surface area (Å²) in [5.41, 5.74) is 0.613. The number of hydrogen-bond acceptors (Lipinski definition) is 3. The largest absolute Gasteiger partial charge is 1.00 e. The quantitative estimate of drug-likeness (QED) is 0.565. The summed E-state index contributed by atoms with van der Waals surface area (Å²) in [5.74, 6) is -0.189. The summed E-state index contributed by atoms with van der Waals surface area (Å²) in [5, 5.41) is 3.99. The van der Waals surface area contributed by atoms with Crippen molar-refractivity contribution >= 4 is 33.4 Å². The van der Waals surface area contributed by atoms with E-state index in [0.717, 1.165) is 0 Å². The molecule has 0 aliphatic heterocycles. The number of fused-ring (bicyclic) bond motifs is 1. The summed E-state index contributed by atoms with van der Waals surface area (Å²) < 4.78 is 22.1. The van der Waals surface area contributed by atoms with Crippen LogP contribution in [0.3, 0.4) is 0 Å². The first-order valence-corrected chi connectivity index (χ1v) is 6.05. The van der Waals surface area contributed by atoms with Gasteiger partial charge in [0.1, 0.15) is 0 Å². The van der Waals surface area contributed by atoms with Crippen molar-refractivity contribution in [2.45, 2.75) is 11.8 Å². The normalized spacial score (nSPS) is 11.7. The van der Waals surface area contributed by atoms with Crippen LogP contribution in [0, 0.1) is 0 Å². The minimum Gasteiger partial charge on any atom is -0.768 e. The van der Waals surface area contributed by atoms with Crippen LogP contribution in [-0.2, 0) is 15.9 Å². The van der Waals surface area contributed by atoms with Crippen LogP contribution in [0.2, 0.25) is 0 Å². The van der Waals surface area contributed by atoms with Crippen molar-refractivity contribution in [2.75, 3.05) is 5.32 Å². The number of nitrogens with one attached hydrogen (secondary N) is 1. The summed E-state index contributed by atoms with van der Waals surface area (Å²) in [6, 6.07) is 10.1. The molecule has 1 unspecified atom stereocenters. The monoisotopic (exact) mass is 271 g/mol. The Kier molecular flexibility index (Phi) is 5.49. The third-order valence-electron chi connectivity index (χ3n) is 2.37. The van der Waals surface area contributed by atoms with Gasteiger partial charge in [0.15, 0.2) is 0 Å². The van der Waals surface area contributed by atoms with E-state index in [1.165, 1.54) is 13.0 Å². The fourth-order valence-corrected chi connectivity index (χ4v) is 2.25. The molecule has 0 radical (unpaired) electrons. The maximum Gasteiger partial charge on any atom is 1.00 e. The van der Waals surface area contributed by atoms with Crippen LogP contribution < -0.4 is 34.9 Å². The van der Waals surface area contributed by atoms with E-state index in [9.17, 15) is 13.6 Å². The van der Waals surface area contributed by atoms with Gasteiger partial charge in [-0.05, 0) is 28.6 Å². The molecule has 2 rings (SSSR count). The molecule has 0 fully saturated rings. The van der Waals surface area contributed by atoms with Crippen molar-refractivity contribution in [2.24, 2.45) is 0 Å². The summed E-state index contributed by atoms with van der Waals surface area (Å²) in [6.07, 6.45) is 0. The van der Waals surface area contributed by atoms with Gasteiger partial charge in [0, 0.05) is 22.9 Å². The van der Waals surface area contributed by atoms with E-state index in [-0.39, 0.29) is 40.4 Å². The second-order valence-corrected chi connectivity index (χ2v) is 4.48. The Labute approximate surface area is 129 Å². The third kappa shape index (κ3) is 3.18. The number of hydrogen-bond donors (Lipinski definition) is 1. The first-order valence-electron chi connectivity index (χ1n) is 4.98. The molecule has 0 saturated heterocycles. The molecule has 88 valence electrons. The molecule has 0 aliphatic rings. The molecule has 6 heteroatoms. The van der Waals surface area contributed by atoms with Crippen molar-refractivity contribution in [1.82, 2.24) is 0 Å². The first-order chi connectivity index (χ1) is 8.09. The van der Waals surface area contributed by atoms with Crippen LogP contribution in [0.15, 0.2) is 41.3 Å². The van der Waals surface area contributed by atoms with Crippen molar-refractivity contribution in [3.63, 3.8) is 0 Å². The standard InChI is InChI=1S/C12H11NO3S.Na/c1-8(14)13-11-6-7-12(17(15)16)10-5-3-2-4-9(10)11;/h2-7H,1H3,(H,13,14)(H,15,16);/q;+1/p-1. The predicted octanol–water partition coefficient (Wildman–Crippen LogP) is -0.960. The Hall–Kier alpha value is -0.720. The molecule has 0 saturated carbocycles. The fraction of sp³-hybridized carbons (Fsp3) is 0.0833. The number of amides is 1. The molecule has 0 aliphatic carbocycles. The molecular weight excluding hydrogens is 261 g/mol. The Morgan fingerprint density at radius 2 is 1.78 bits per heavy atom. The van der Waals surface area contributed by atoms with Crippen LogP contribution in [0.4, 0.5) is 5.69 Å². The van der Waals surface area contributed by atoms with E-state index in [4.69, 9.17) is 0 Å². The van der Waals surface area contributed by atoms with E-state index >= 15 is 0 Å². The fourth-order valence-electron chi connectivity index (χ4n) is 1.72. The van der Waals surface area contributed by atoms with Crippen LogP contribution in [0.25, 0.3) is 10.8 Å². The smallest absolute Gasteiger partial charge is 0.768 e. The van der Waals surface area contributed by atoms with Crippen LogP contribution >= 0.6 is 0 Å². The second kappa shape index (κ2) is 6.45.